The number of carbonyl (C=O) groups excluding carboxylic acids is 2. The summed E-state index contributed by atoms with van der Waals surface area (Å²) in [6, 6.07) is 8.91. The molecule has 0 radical (unpaired) electrons. The standard InChI is InChI=1S/C21H22ClFN2O5S/c1-14-3-2-10-25(12-14)31(28,29)19-11-15(4-9-18(19)22)21(27)30-13-20(26)24-17-7-5-16(23)6-8-17/h4-9,11,14H,2-3,10,12-13H2,1H3,(H,24,26). The van der Waals surface area contributed by atoms with E-state index < -0.39 is 34.3 Å². The van der Waals surface area contributed by atoms with E-state index in [9.17, 15) is 22.4 Å². The first kappa shape index (κ1) is 23.2. The van der Waals surface area contributed by atoms with Gasteiger partial charge in [-0.1, -0.05) is 18.5 Å². The Kier molecular flexibility index (Phi) is 7.30. The molecule has 3 rings (SSSR count). The molecule has 1 atom stereocenters. The number of nitrogens with zero attached hydrogens (tertiary/aromatic N) is 1. The van der Waals surface area contributed by atoms with Crippen molar-refractivity contribution in [3.63, 3.8) is 0 Å². The number of amides is 1. The van der Waals surface area contributed by atoms with Gasteiger partial charge in [0.15, 0.2) is 6.61 Å². The van der Waals surface area contributed by atoms with Gasteiger partial charge < -0.3 is 10.1 Å². The Morgan fingerprint density at radius 3 is 2.61 bits per heavy atom. The Balaban J connectivity index is 1.68. The zero-order valence-corrected chi connectivity index (χ0v) is 18.4. The van der Waals surface area contributed by atoms with Crippen molar-refractivity contribution in [1.82, 2.24) is 4.31 Å². The van der Waals surface area contributed by atoms with Crippen molar-refractivity contribution < 1.29 is 27.1 Å². The van der Waals surface area contributed by atoms with Crippen LogP contribution in [0.25, 0.3) is 0 Å². The minimum absolute atomic E-state index is 0.00355. The smallest absolute Gasteiger partial charge is 0.338 e. The molecule has 1 heterocycles. The Morgan fingerprint density at radius 2 is 1.94 bits per heavy atom. The van der Waals surface area contributed by atoms with E-state index >= 15 is 0 Å². The second-order valence-corrected chi connectivity index (χ2v) is 9.70. The van der Waals surface area contributed by atoms with Crippen LogP contribution in [-0.4, -0.2) is 44.3 Å². The quantitative estimate of drug-likeness (QED) is 0.652. The maximum Gasteiger partial charge on any atom is 0.338 e. The fourth-order valence-corrected chi connectivity index (χ4v) is 5.38. The number of carbonyl (C=O) groups is 2. The minimum atomic E-state index is -3.87. The third-order valence-corrected chi connectivity index (χ3v) is 7.21. The summed E-state index contributed by atoms with van der Waals surface area (Å²) in [5.74, 6) is -1.70. The van der Waals surface area contributed by atoms with Crippen LogP contribution in [-0.2, 0) is 19.6 Å². The van der Waals surface area contributed by atoms with Gasteiger partial charge >= 0.3 is 5.97 Å². The molecule has 1 aliphatic heterocycles. The molecule has 0 aliphatic carbocycles. The van der Waals surface area contributed by atoms with Crippen molar-refractivity contribution in [2.24, 2.45) is 5.92 Å². The molecular weight excluding hydrogens is 447 g/mol. The van der Waals surface area contributed by atoms with E-state index in [1.165, 1.54) is 40.7 Å². The van der Waals surface area contributed by atoms with E-state index in [1.807, 2.05) is 6.92 Å². The van der Waals surface area contributed by atoms with Crippen LogP contribution in [0.15, 0.2) is 47.4 Å². The lowest BCUT2D eigenvalue weighted by Crippen LogP contribution is -2.39. The maximum absolute atomic E-state index is 13.0. The van der Waals surface area contributed by atoms with Crippen LogP contribution in [0.1, 0.15) is 30.1 Å². The molecule has 0 saturated carbocycles. The van der Waals surface area contributed by atoms with Gasteiger partial charge in [0.2, 0.25) is 10.0 Å². The number of nitrogens with one attached hydrogen (secondary N) is 1. The van der Waals surface area contributed by atoms with Crippen molar-refractivity contribution in [2.75, 3.05) is 25.0 Å². The van der Waals surface area contributed by atoms with Gasteiger partial charge in [-0.05, 0) is 61.2 Å². The molecule has 2 aromatic carbocycles. The Hall–Kier alpha value is -2.49. The number of halogens is 2. The first-order valence-corrected chi connectivity index (χ1v) is 11.5. The van der Waals surface area contributed by atoms with Crippen molar-refractivity contribution >= 4 is 39.2 Å². The molecule has 0 bridgehead atoms. The lowest BCUT2D eigenvalue weighted by Gasteiger charge is -2.30. The van der Waals surface area contributed by atoms with Gasteiger partial charge in [0, 0.05) is 18.8 Å². The van der Waals surface area contributed by atoms with Crippen LogP contribution in [0.3, 0.4) is 0 Å². The predicted molar refractivity (Wildman–Crippen MR) is 114 cm³/mol. The summed E-state index contributed by atoms with van der Waals surface area (Å²) < 4.78 is 45.3. The SMILES string of the molecule is CC1CCCN(S(=O)(=O)c2cc(C(=O)OCC(=O)Nc3ccc(F)cc3)ccc2Cl)C1. The maximum atomic E-state index is 13.0. The van der Waals surface area contributed by atoms with E-state index in [0.29, 0.717) is 18.8 Å². The average Bonchev–Trinajstić information content (AvgIpc) is 2.74. The highest BCUT2D eigenvalue weighted by Crippen LogP contribution is 2.29. The highest BCUT2D eigenvalue weighted by Gasteiger charge is 2.31. The minimum Gasteiger partial charge on any atom is -0.452 e. The summed E-state index contributed by atoms with van der Waals surface area (Å²) in [5, 5.41) is 2.46. The second kappa shape index (κ2) is 9.76. The number of piperidine rings is 1. The number of ether oxygens (including phenoxy) is 1. The van der Waals surface area contributed by atoms with Crippen LogP contribution in [0.5, 0.6) is 0 Å². The fraction of sp³-hybridized carbons (Fsp3) is 0.333. The van der Waals surface area contributed by atoms with E-state index in [1.54, 1.807) is 0 Å². The van der Waals surface area contributed by atoms with Gasteiger partial charge in [-0.15, -0.1) is 0 Å². The zero-order valence-electron chi connectivity index (χ0n) is 16.8. The summed E-state index contributed by atoms with van der Waals surface area (Å²) in [6.45, 7) is 2.16. The van der Waals surface area contributed by atoms with Crippen molar-refractivity contribution in [1.29, 1.82) is 0 Å². The van der Waals surface area contributed by atoms with Gasteiger partial charge in [-0.3, -0.25) is 4.79 Å². The molecule has 0 spiro atoms. The number of hydrogen-bond donors (Lipinski definition) is 1. The topological polar surface area (TPSA) is 92.8 Å². The summed E-state index contributed by atoms with van der Waals surface area (Å²) in [5.41, 5.74) is 0.306. The van der Waals surface area contributed by atoms with Crippen LogP contribution >= 0.6 is 11.6 Å². The summed E-state index contributed by atoms with van der Waals surface area (Å²) in [6.07, 6.45) is 1.70. The van der Waals surface area contributed by atoms with Crippen LogP contribution in [0.2, 0.25) is 5.02 Å². The number of hydrogen-bond acceptors (Lipinski definition) is 5. The average molecular weight is 469 g/mol. The molecule has 1 amide bonds. The molecule has 1 aliphatic rings. The van der Waals surface area contributed by atoms with E-state index in [-0.39, 0.29) is 21.4 Å². The van der Waals surface area contributed by atoms with E-state index in [0.717, 1.165) is 18.9 Å². The molecule has 10 heteroatoms. The molecule has 31 heavy (non-hydrogen) atoms. The first-order valence-electron chi connectivity index (χ1n) is 9.69. The fourth-order valence-electron chi connectivity index (χ4n) is 3.28. The molecule has 1 fully saturated rings. The number of anilines is 1. The molecule has 1 unspecified atom stereocenters. The van der Waals surface area contributed by atoms with Crippen molar-refractivity contribution in [3.05, 3.63) is 58.9 Å². The highest BCUT2D eigenvalue weighted by molar-refractivity contribution is 7.89. The molecular formula is C21H22ClFN2O5S. The van der Waals surface area contributed by atoms with Crippen LogP contribution in [0, 0.1) is 11.7 Å². The molecule has 1 N–H and O–H groups in total. The molecule has 7 nitrogen and oxygen atoms in total. The number of sulfonamides is 1. The van der Waals surface area contributed by atoms with Crippen LogP contribution < -0.4 is 5.32 Å². The normalized spacial score (nSPS) is 17.2. The number of esters is 1. The third-order valence-electron chi connectivity index (χ3n) is 4.87. The third kappa shape index (κ3) is 5.81. The molecule has 0 aromatic heterocycles. The summed E-state index contributed by atoms with van der Waals surface area (Å²) in [4.78, 5) is 24.1. The summed E-state index contributed by atoms with van der Waals surface area (Å²) >= 11 is 6.12. The predicted octanol–water partition coefficient (Wildman–Crippen LogP) is 3.70. The Labute approximate surface area is 185 Å². The van der Waals surface area contributed by atoms with Gasteiger partial charge in [0.25, 0.3) is 5.91 Å². The van der Waals surface area contributed by atoms with E-state index in [4.69, 9.17) is 16.3 Å². The second-order valence-electron chi connectivity index (χ2n) is 7.39. The first-order chi connectivity index (χ1) is 14.7. The van der Waals surface area contributed by atoms with Gasteiger partial charge in [0.1, 0.15) is 10.7 Å². The summed E-state index contributed by atoms with van der Waals surface area (Å²) in [7, 11) is -3.87. The van der Waals surface area contributed by atoms with Gasteiger partial charge in [-0.2, -0.15) is 4.31 Å². The Bertz CT molecular complexity index is 1080. The Morgan fingerprint density at radius 1 is 1.23 bits per heavy atom. The molecule has 2 aromatic rings. The lowest BCUT2D eigenvalue weighted by molar-refractivity contribution is -0.119. The molecule has 166 valence electrons. The van der Waals surface area contributed by atoms with Gasteiger partial charge in [-0.25, -0.2) is 17.6 Å². The highest BCUT2D eigenvalue weighted by atomic mass is 35.5. The number of rotatable bonds is 6. The lowest BCUT2D eigenvalue weighted by atomic mass is 10.0. The van der Waals surface area contributed by atoms with Gasteiger partial charge in [0.05, 0.1) is 10.6 Å². The molecule has 1 saturated heterocycles. The van der Waals surface area contributed by atoms with Crippen molar-refractivity contribution in [3.8, 4) is 0 Å². The van der Waals surface area contributed by atoms with Crippen LogP contribution in [0.4, 0.5) is 10.1 Å². The largest absolute Gasteiger partial charge is 0.452 e. The number of benzene rings is 2. The zero-order chi connectivity index (χ0) is 22.6. The monoisotopic (exact) mass is 468 g/mol. The van der Waals surface area contributed by atoms with E-state index in [2.05, 4.69) is 5.32 Å². The van der Waals surface area contributed by atoms with Crippen molar-refractivity contribution in [2.45, 2.75) is 24.7 Å².